The first kappa shape index (κ1) is 15.6. The maximum Gasteiger partial charge on any atom is 0.497 e. The summed E-state index contributed by atoms with van der Waals surface area (Å²) in [6, 6.07) is 7.37. The fourth-order valence-corrected chi connectivity index (χ4v) is 3.43. The number of aromatic nitrogens is 1. The average molecular weight is 321 g/mol. The van der Waals surface area contributed by atoms with Crippen LogP contribution in [0.15, 0.2) is 30.5 Å². The van der Waals surface area contributed by atoms with Crippen LogP contribution >= 0.6 is 0 Å². The molecule has 2 aromatic rings. The van der Waals surface area contributed by atoms with E-state index in [-0.39, 0.29) is 0 Å². The van der Waals surface area contributed by atoms with Crippen molar-refractivity contribution < 1.29 is 17.7 Å². The zero-order valence-electron chi connectivity index (χ0n) is 13.5. The Morgan fingerprint density at radius 3 is 2.14 bits per heavy atom. The van der Waals surface area contributed by atoms with E-state index in [2.05, 4.69) is 0 Å². The molecule has 7 heteroatoms. The smallest absolute Gasteiger partial charge is 0.399 e. The maximum atomic E-state index is 12.0. The first-order valence-corrected chi connectivity index (χ1v) is 9.04. The molecule has 5 nitrogen and oxygen atoms in total. The van der Waals surface area contributed by atoms with Gasteiger partial charge in [-0.1, -0.05) is 18.2 Å². The maximum absolute atomic E-state index is 12.0. The molecule has 0 amide bonds. The highest BCUT2D eigenvalue weighted by atomic mass is 32.2. The minimum absolute atomic E-state index is 0.466. The van der Waals surface area contributed by atoms with Crippen LogP contribution in [0.4, 0.5) is 0 Å². The number of para-hydroxylation sites is 1. The van der Waals surface area contributed by atoms with Gasteiger partial charge in [-0.15, -0.1) is 0 Å². The van der Waals surface area contributed by atoms with Gasteiger partial charge in [0.25, 0.3) is 0 Å². The molecule has 1 aromatic carbocycles. The lowest BCUT2D eigenvalue weighted by Crippen LogP contribution is -2.41. The average Bonchev–Trinajstić information content (AvgIpc) is 2.85. The van der Waals surface area contributed by atoms with Crippen molar-refractivity contribution in [3.8, 4) is 0 Å². The summed E-state index contributed by atoms with van der Waals surface area (Å²) in [7, 11) is -3.98. The van der Waals surface area contributed by atoms with E-state index in [1.54, 1.807) is 12.3 Å². The molecule has 22 heavy (non-hydrogen) atoms. The molecule has 0 atom stereocenters. The second-order valence-electron chi connectivity index (χ2n) is 6.75. The van der Waals surface area contributed by atoms with Crippen LogP contribution in [0.1, 0.15) is 27.7 Å². The van der Waals surface area contributed by atoms with Gasteiger partial charge in [0.05, 0.1) is 23.0 Å². The van der Waals surface area contributed by atoms with Crippen LogP contribution in [0.3, 0.4) is 0 Å². The third-order valence-electron chi connectivity index (χ3n) is 4.57. The van der Waals surface area contributed by atoms with Crippen LogP contribution in [0.25, 0.3) is 10.9 Å². The van der Waals surface area contributed by atoms with Gasteiger partial charge >= 0.3 is 7.12 Å². The van der Waals surface area contributed by atoms with Crippen molar-refractivity contribution in [2.75, 3.05) is 6.26 Å². The molecule has 2 heterocycles. The summed E-state index contributed by atoms with van der Waals surface area (Å²) in [5, 5.41) is 0.825. The molecule has 1 fully saturated rings. The molecule has 1 aliphatic rings. The van der Waals surface area contributed by atoms with Crippen molar-refractivity contribution in [2.45, 2.75) is 38.9 Å². The molecule has 0 radical (unpaired) electrons. The van der Waals surface area contributed by atoms with E-state index in [4.69, 9.17) is 9.31 Å². The number of fused-ring (bicyclic) bond motifs is 1. The fourth-order valence-electron chi connectivity index (χ4n) is 2.61. The normalized spacial score (nSPS) is 20.7. The molecule has 0 spiro atoms. The molecule has 0 saturated carbocycles. The molecule has 1 aromatic heterocycles. The number of rotatable bonds is 2. The van der Waals surface area contributed by atoms with Crippen molar-refractivity contribution in [1.29, 1.82) is 0 Å². The zero-order chi connectivity index (χ0) is 16.3. The highest BCUT2D eigenvalue weighted by Gasteiger charge is 2.52. The minimum Gasteiger partial charge on any atom is -0.399 e. The Morgan fingerprint density at radius 2 is 1.59 bits per heavy atom. The standard InChI is InChI=1S/C15H20BNO4S/c1-14(2)15(3,4)21-16(20-14)12-10-17(22(5,18)19)13-9-7-6-8-11(12)13/h6-10H,1-5H3. The Kier molecular flexibility index (Phi) is 3.26. The number of benzene rings is 1. The lowest BCUT2D eigenvalue weighted by molar-refractivity contribution is 0.00578. The quantitative estimate of drug-likeness (QED) is 0.791. The van der Waals surface area contributed by atoms with Crippen molar-refractivity contribution >= 4 is 33.5 Å². The molecular weight excluding hydrogens is 301 g/mol. The van der Waals surface area contributed by atoms with Crippen LogP contribution < -0.4 is 5.46 Å². The minimum atomic E-state index is -3.39. The Labute approximate surface area is 131 Å². The monoisotopic (exact) mass is 321 g/mol. The largest absolute Gasteiger partial charge is 0.497 e. The van der Waals surface area contributed by atoms with Gasteiger partial charge in [-0.25, -0.2) is 12.4 Å². The van der Waals surface area contributed by atoms with Crippen LogP contribution in [0, 0.1) is 0 Å². The molecular formula is C15H20BNO4S. The van der Waals surface area contributed by atoms with E-state index >= 15 is 0 Å². The fraction of sp³-hybridized carbons (Fsp3) is 0.467. The van der Waals surface area contributed by atoms with Crippen molar-refractivity contribution in [3.63, 3.8) is 0 Å². The molecule has 0 unspecified atom stereocenters. The number of nitrogens with zero attached hydrogens (tertiary/aromatic N) is 1. The summed E-state index contributed by atoms with van der Waals surface area (Å²) in [4.78, 5) is 0. The summed E-state index contributed by atoms with van der Waals surface area (Å²) >= 11 is 0. The van der Waals surface area contributed by atoms with Crippen LogP contribution in [0.5, 0.6) is 0 Å². The van der Waals surface area contributed by atoms with Gasteiger partial charge in [-0.05, 0) is 33.8 Å². The SMILES string of the molecule is CC1(C)OB(c2cn(S(C)(=O)=O)c3ccccc23)OC1(C)C. The van der Waals surface area contributed by atoms with E-state index in [1.165, 1.54) is 10.2 Å². The lowest BCUT2D eigenvalue weighted by atomic mass is 9.79. The van der Waals surface area contributed by atoms with E-state index < -0.39 is 28.3 Å². The second-order valence-corrected chi connectivity index (χ2v) is 8.61. The van der Waals surface area contributed by atoms with Crippen molar-refractivity contribution in [3.05, 3.63) is 30.5 Å². The summed E-state index contributed by atoms with van der Waals surface area (Å²) in [5.74, 6) is 0. The molecule has 1 aliphatic heterocycles. The zero-order valence-corrected chi connectivity index (χ0v) is 14.3. The van der Waals surface area contributed by atoms with Gasteiger partial charge in [0.2, 0.25) is 10.0 Å². The molecule has 3 rings (SSSR count). The van der Waals surface area contributed by atoms with E-state index in [0.29, 0.717) is 5.52 Å². The predicted molar refractivity (Wildman–Crippen MR) is 87.9 cm³/mol. The van der Waals surface area contributed by atoms with Crippen LogP contribution in [-0.4, -0.2) is 37.0 Å². The molecule has 0 N–H and O–H groups in total. The number of hydrogen-bond acceptors (Lipinski definition) is 4. The van der Waals surface area contributed by atoms with E-state index in [1.807, 2.05) is 45.9 Å². The van der Waals surface area contributed by atoms with Gasteiger partial charge < -0.3 is 9.31 Å². The van der Waals surface area contributed by atoms with Gasteiger partial charge in [0.15, 0.2) is 0 Å². The van der Waals surface area contributed by atoms with Gasteiger partial charge in [-0.2, -0.15) is 0 Å². The Balaban J connectivity index is 2.18. The Hall–Kier alpha value is -1.31. The highest BCUT2D eigenvalue weighted by Crippen LogP contribution is 2.37. The first-order chi connectivity index (χ1) is 10.0. The molecule has 0 bridgehead atoms. The molecule has 118 valence electrons. The summed E-state index contributed by atoms with van der Waals surface area (Å²) in [5.41, 5.74) is 0.437. The number of hydrogen-bond donors (Lipinski definition) is 0. The third kappa shape index (κ3) is 2.28. The van der Waals surface area contributed by atoms with Crippen molar-refractivity contribution in [1.82, 2.24) is 3.97 Å². The predicted octanol–water partition coefficient (Wildman–Crippen LogP) is 1.75. The Bertz CT molecular complexity index is 822. The molecule has 1 saturated heterocycles. The first-order valence-electron chi connectivity index (χ1n) is 7.19. The van der Waals surface area contributed by atoms with Crippen LogP contribution in [0.2, 0.25) is 0 Å². The lowest BCUT2D eigenvalue weighted by Gasteiger charge is -2.32. The summed E-state index contributed by atoms with van der Waals surface area (Å²) in [6.07, 6.45) is 2.79. The van der Waals surface area contributed by atoms with Gasteiger partial charge in [-0.3, -0.25) is 0 Å². The van der Waals surface area contributed by atoms with E-state index in [0.717, 1.165) is 10.8 Å². The molecule has 0 aliphatic carbocycles. The third-order valence-corrected chi connectivity index (χ3v) is 5.59. The Morgan fingerprint density at radius 1 is 1.05 bits per heavy atom. The summed E-state index contributed by atoms with van der Waals surface area (Å²) in [6.45, 7) is 7.90. The summed E-state index contributed by atoms with van der Waals surface area (Å²) < 4.78 is 37.4. The second kappa shape index (κ2) is 4.60. The van der Waals surface area contributed by atoms with Crippen molar-refractivity contribution in [2.24, 2.45) is 0 Å². The highest BCUT2D eigenvalue weighted by molar-refractivity contribution is 7.89. The topological polar surface area (TPSA) is 57.5 Å². The van der Waals surface area contributed by atoms with E-state index in [9.17, 15) is 8.42 Å². The van der Waals surface area contributed by atoms with Gasteiger partial charge in [0.1, 0.15) is 0 Å². The van der Waals surface area contributed by atoms with Gasteiger partial charge in [0, 0.05) is 17.0 Å². The van der Waals surface area contributed by atoms with Crippen LogP contribution in [-0.2, 0) is 19.3 Å².